The third kappa shape index (κ3) is 4.18. The minimum atomic E-state index is -3.33. The van der Waals surface area contributed by atoms with Crippen LogP contribution in [-0.4, -0.2) is 39.6 Å². The van der Waals surface area contributed by atoms with E-state index in [4.69, 9.17) is 5.10 Å². The number of hydrogen-bond donors (Lipinski definition) is 4. The Morgan fingerprint density at radius 1 is 1.26 bits per heavy atom. The molecule has 2 saturated carbocycles. The van der Waals surface area contributed by atoms with Crippen LogP contribution in [0.1, 0.15) is 63.5 Å². The number of H-pyrrole nitrogens is 1. The summed E-state index contributed by atoms with van der Waals surface area (Å²) in [6, 6.07) is 9.03. The van der Waals surface area contributed by atoms with Crippen LogP contribution in [0.2, 0.25) is 0 Å². The Bertz CT molecular complexity index is 1500. The number of anilines is 2. The van der Waals surface area contributed by atoms with E-state index < -0.39 is 22.2 Å². The van der Waals surface area contributed by atoms with Gasteiger partial charge in [-0.1, -0.05) is 0 Å². The number of fused-ring (bicyclic) bond motifs is 2. The van der Waals surface area contributed by atoms with Crippen molar-refractivity contribution in [3.63, 3.8) is 0 Å². The first-order chi connectivity index (χ1) is 18.0. The molecule has 1 aromatic carbocycles. The molecule has 1 aliphatic heterocycles. The lowest BCUT2D eigenvalue weighted by atomic mass is 9.81. The molecule has 1 unspecified atom stereocenters. The van der Waals surface area contributed by atoms with E-state index in [1.54, 1.807) is 39.4 Å². The molecule has 0 spiro atoms. The summed E-state index contributed by atoms with van der Waals surface area (Å²) < 4.78 is 53.3. The number of nitrogens with zero attached hydrogens (tertiary/aromatic N) is 4. The molecule has 1 atom stereocenters. The van der Waals surface area contributed by atoms with E-state index in [1.165, 1.54) is 0 Å². The molecule has 12 heteroatoms. The Morgan fingerprint density at radius 2 is 2.00 bits per heavy atom. The van der Waals surface area contributed by atoms with E-state index >= 15 is 0 Å². The zero-order valence-corrected chi connectivity index (χ0v) is 21.8. The van der Waals surface area contributed by atoms with Crippen molar-refractivity contribution < 1.29 is 17.9 Å². The number of benzene rings is 1. The van der Waals surface area contributed by atoms with Gasteiger partial charge in [0.2, 0.25) is 5.92 Å². The fourth-order valence-corrected chi connectivity index (χ4v) is 8.00. The van der Waals surface area contributed by atoms with Crippen molar-refractivity contribution in [1.82, 2.24) is 19.1 Å². The van der Waals surface area contributed by atoms with Gasteiger partial charge in [0.25, 0.3) is 5.56 Å². The average molecular weight is 545 g/mol. The maximum atomic E-state index is 13.8. The highest BCUT2D eigenvalue weighted by atomic mass is 32.3. The predicted octanol–water partition coefficient (Wildman–Crippen LogP) is 6.14. The van der Waals surface area contributed by atoms with E-state index in [0.717, 1.165) is 12.8 Å². The van der Waals surface area contributed by atoms with Crippen LogP contribution in [0.4, 0.5) is 20.3 Å². The van der Waals surface area contributed by atoms with Crippen LogP contribution in [0.15, 0.2) is 40.2 Å². The summed E-state index contributed by atoms with van der Waals surface area (Å²) in [6.07, 6.45) is 3.68. The SMILES string of the molecule is CC1(N2Cc3cc(Nc4nn(C(CC#N)C5CC5)c5cc[nH]c(=O)c45)ccc3S2(O)O)CCC(F)(F)CC1. The molecule has 202 valence electrons. The minimum Gasteiger partial charge on any atom is -0.338 e. The molecule has 3 aliphatic rings. The predicted molar refractivity (Wildman–Crippen MR) is 141 cm³/mol. The van der Waals surface area contributed by atoms with E-state index in [2.05, 4.69) is 16.4 Å². The number of nitrogens with one attached hydrogen (secondary N) is 2. The van der Waals surface area contributed by atoms with Gasteiger partial charge in [0.15, 0.2) is 5.82 Å². The minimum absolute atomic E-state index is 0.120. The van der Waals surface area contributed by atoms with E-state index in [9.17, 15) is 27.9 Å². The fraction of sp³-hybridized carbons (Fsp3) is 0.500. The van der Waals surface area contributed by atoms with Gasteiger partial charge in [0.05, 0.1) is 28.9 Å². The number of aromatic nitrogens is 3. The van der Waals surface area contributed by atoms with Gasteiger partial charge < -0.3 is 10.3 Å². The molecule has 9 nitrogen and oxygen atoms in total. The zero-order valence-electron chi connectivity index (χ0n) is 21.0. The van der Waals surface area contributed by atoms with Crippen LogP contribution in [0.25, 0.3) is 10.9 Å². The van der Waals surface area contributed by atoms with Crippen LogP contribution in [0.3, 0.4) is 0 Å². The quantitative estimate of drug-likeness (QED) is 0.293. The van der Waals surface area contributed by atoms with Crippen LogP contribution in [0.5, 0.6) is 0 Å². The normalized spacial score (nSPS) is 23.5. The topological polar surface area (TPSA) is 130 Å². The molecular weight excluding hydrogens is 514 g/mol. The first-order valence-corrected chi connectivity index (χ1v) is 14.3. The molecule has 4 N–H and O–H groups in total. The second kappa shape index (κ2) is 8.77. The number of hydrogen-bond acceptors (Lipinski definition) is 7. The van der Waals surface area contributed by atoms with Crippen LogP contribution >= 0.6 is 10.8 Å². The number of alkyl halides is 2. The monoisotopic (exact) mass is 544 g/mol. The van der Waals surface area contributed by atoms with E-state index in [-0.39, 0.29) is 43.8 Å². The lowest BCUT2D eigenvalue weighted by Crippen LogP contribution is -2.49. The summed E-state index contributed by atoms with van der Waals surface area (Å²) in [5.41, 5.74) is 0.887. The maximum Gasteiger partial charge on any atom is 0.261 e. The molecule has 0 saturated heterocycles. The van der Waals surface area contributed by atoms with Crippen molar-refractivity contribution in [3.8, 4) is 6.07 Å². The molecule has 2 aromatic heterocycles. The van der Waals surface area contributed by atoms with Crippen molar-refractivity contribution in [2.75, 3.05) is 5.32 Å². The summed E-state index contributed by atoms with van der Waals surface area (Å²) in [5.74, 6) is -2.02. The Balaban J connectivity index is 1.32. The van der Waals surface area contributed by atoms with Gasteiger partial charge in [-0.05, 0) is 68.4 Å². The summed E-state index contributed by atoms with van der Waals surface area (Å²) in [4.78, 5) is 15.9. The van der Waals surface area contributed by atoms with Gasteiger partial charge >= 0.3 is 0 Å². The molecule has 0 radical (unpaired) electrons. The number of halogens is 2. The number of nitriles is 1. The average Bonchev–Trinajstić information content (AvgIpc) is 3.59. The van der Waals surface area contributed by atoms with Crippen LogP contribution < -0.4 is 10.9 Å². The maximum absolute atomic E-state index is 13.8. The third-order valence-electron chi connectivity index (χ3n) is 8.31. The highest BCUT2D eigenvalue weighted by Gasteiger charge is 2.50. The summed E-state index contributed by atoms with van der Waals surface area (Å²) in [5, 5.41) is 17.7. The molecule has 0 amide bonds. The molecule has 3 aromatic rings. The van der Waals surface area contributed by atoms with Crippen molar-refractivity contribution >= 4 is 33.2 Å². The largest absolute Gasteiger partial charge is 0.338 e. The van der Waals surface area contributed by atoms with Crippen molar-refractivity contribution in [2.24, 2.45) is 5.92 Å². The first-order valence-electron chi connectivity index (χ1n) is 12.8. The number of rotatable bonds is 6. The van der Waals surface area contributed by atoms with Gasteiger partial charge in [-0.2, -0.15) is 14.7 Å². The Hall–Kier alpha value is -2.98. The van der Waals surface area contributed by atoms with Crippen LogP contribution in [-0.2, 0) is 6.54 Å². The molecule has 38 heavy (non-hydrogen) atoms. The van der Waals surface area contributed by atoms with Crippen molar-refractivity contribution in [3.05, 3.63) is 46.4 Å². The van der Waals surface area contributed by atoms with Gasteiger partial charge in [-0.3, -0.25) is 18.6 Å². The van der Waals surface area contributed by atoms with Crippen LogP contribution in [0, 0.1) is 17.2 Å². The lowest BCUT2D eigenvalue weighted by Gasteiger charge is -2.50. The van der Waals surface area contributed by atoms with Crippen molar-refractivity contribution in [2.45, 2.75) is 80.8 Å². The summed E-state index contributed by atoms with van der Waals surface area (Å²) in [6.45, 7) is 2.04. The third-order valence-corrected chi connectivity index (χ3v) is 10.5. The Morgan fingerprint density at radius 3 is 2.68 bits per heavy atom. The van der Waals surface area contributed by atoms with Gasteiger partial charge in [-0.25, -0.2) is 8.78 Å². The highest BCUT2D eigenvalue weighted by molar-refractivity contribution is 8.22. The van der Waals surface area contributed by atoms with Gasteiger partial charge in [-0.15, -0.1) is 10.8 Å². The Kier molecular flexibility index (Phi) is 5.84. The van der Waals surface area contributed by atoms with Gasteiger partial charge in [0, 0.05) is 36.8 Å². The fourth-order valence-electron chi connectivity index (χ4n) is 5.92. The highest BCUT2D eigenvalue weighted by Crippen LogP contribution is 2.64. The molecule has 0 bridgehead atoms. The molecular formula is C26H30F2N6O3S. The second-order valence-electron chi connectivity index (χ2n) is 11.0. The van der Waals surface area contributed by atoms with E-state index in [0.29, 0.717) is 45.2 Å². The van der Waals surface area contributed by atoms with E-state index in [1.807, 2.05) is 6.92 Å². The molecule has 2 fully saturated rings. The smallest absolute Gasteiger partial charge is 0.261 e. The number of aromatic amines is 1. The molecule has 2 aliphatic carbocycles. The lowest BCUT2D eigenvalue weighted by molar-refractivity contribution is -0.0660. The summed E-state index contributed by atoms with van der Waals surface area (Å²) in [7, 11) is -3.33. The standard InChI is InChI=1S/C26H30F2N6O3S/c1-25(8-10-26(27,28)11-9-25)33-15-17-14-18(4-5-21(17)38(33,36)37)31-23-22-20(7-13-30-24(22)35)34(32-23)19(6-12-29)16-2-3-16/h4-5,7,13-14,16,19,36-37H,2-3,6,8-11,15H2,1H3,(H,30,35)(H,31,32). The van der Waals surface area contributed by atoms with Crippen molar-refractivity contribution in [1.29, 1.82) is 5.26 Å². The number of pyridine rings is 1. The van der Waals surface area contributed by atoms with Gasteiger partial charge in [0.1, 0.15) is 5.39 Å². The molecule has 6 rings (SSSR count). The zero-order chi connectivity index (χ0) is 26.9. The Labute approximate surface area is 219 Å². The summed E-state index contributed by atoms with van der Waals surface area (Å²) >= 11 is 0. The molecule has 3 heterocycles. The second-order valence-corrected chi connectivity index (χ2v) is 12.9. The first kappa shape index (κ1) is 25.3.